The Kier molecular flexibility index (Phi) is 4.09. The van der Waals surface area contributed by atoms with Crippen molar-refractivity contribution in [2.45, 2.75) is 46.7 Å². The first-order chi connectivity index (χ1) is 8.85. The highest BCUT2D eigenvalue weighted by Crippen LogP contribution is 2.24. The van der Waals surface area contributed by atoms with E-state index >= 15 is 0 Å². The van der Waals surface area contributed by atoms with Crippen molar-refractivity contribution in [3.8, 4) is 0 Å². The molecule has 1 fully saturated rings. The molecule has 0 aliphatic carbocycles. The second-order valence-electron chi connectivity index (χ2n) is 6.85. The molecule has 1 saturated heterocycles. The summed E-state index contributed by atoms with van der Waals surface area (Å²) in [6.45, 7) is 14.0. The number of rotatable bonds is 3. The second-order valence-corrected chi connectivity index (χ2v) is 6.85. The Morgan fingerprint density at radius 2 is 1.68 bits per heavy atom. The van der Waals surface area contributed by atoms with E-state index in [4.69, 9.17) is 0 Å². The molecule has 1 aromatic heterocycles. The number of hydrogen-bond acceptors (Lipinski definition) is 4. The lowest BCUT2D eigenvalue weighted by Gasteiger charge is -2.20. The molecule has 0 aromatic carbocycles. The first-order valence-electron chi connectivity index (χ1n) is 7.16. The third-order valence-corrected chi connectivity index (χ3v) is 3.79. The van der Waals surface area contributed by atoms with Crippen molar-refractivity contribution in [1.29, 1.82) is 0 Å². The van der Waals surface area contributed by atoms with Gasteiger partial charge in [0.05, 0.1) is 0 Å². The van der Waals surface area contributed by atoms with Gasteiger partial charge in [-0.1, -0.05) is 13.8 Å². The van der Waals surface area contributed by atoms with Crippen LogP contribution in [0.3, 0.4) is 0 Å². The van der Waals surface area contributed by atoms with Crippen LogP contribution in [-0.4, -0.2) is 28.6 Å². The van der Waals surface area contributed by atoms with Crippen LogP contribution in [0.15, 0.2) is 12.4 Å². The van der Waals surface area contributed by atoms with Gasteiger partial charge in [0.2, 0.25) is 5.95 Å². The SMILES string of the molecule is CC1CN(c2ncc(CNC(C)(C)C)cn2)CC1C. The molecule has 0 bridgehead atoms. The van der Waals surface area contributed by atoms with Crippen molar-refractivity contribution < 1.29 is 0 Å². The normalized spacial score (nSPS) is 23.9. The summed E-state index contributed by atoms with van der Waals surface area (Å²) >= 11 is 0. The van der Waals surface area contributed by atoms with Gasteiger partial charge in [-0.3, -0.25) is 0 Å². The van der Waals surface area contributed by atoms with Gasteiger partial charge in [-0.15, -0.1) is 0 Å². The van der Waals surface area contributed by atoms with E-state index in [9.17, 15) is 0 Å². The standard InChI is InChI=1S/C15H26N4/c1-11-9-19(10-12(11)2)14-16-6-13(7-17-14)8-18-15(3,4)5/h6-7,11-12,18H,8-10H2,1-5H3. The fraction of sp³-hybridized carbons (Fsp3) is 0.733. The van der Waals surface area contributed by atoms with E-state index < -0.39 is 0 Å². The van der Waals surface area contributed by atoms with Crippen LogP contribution in [0.1, 0.15) is 40.2 Å². The second kappa shape index (κ2) is 5.45. The van der Waals surface area contributed by atoms with E-state index in [0.29, 0.717) is 0 Å². The Hall–Kier alpha value is -1.16. The maximum Gasteiger partial charge on any atom is 0.225 e. The molecule has 0 spiro atoms. The molecule has 1 aliphatic heterocycles. The van der Waals surface area contributed by atoms with Crippen LogP contribution < -0.4 is 10.2 Å². The van der Waals surface area contributed by atoms with Crippen molar-refractivity contribution >= 4 is 5.95 Å². The third-order valence-electron chi connectivity index (χ3n) is 3.79. The van der Waals surface area contributed by atoms with Crippen LogP contribution >= 0.6 is 0 Å². The van der Waals surface area contributed by atoms with E-state index in [1.165, 1.54) is 0 Å². The van der Waals surface area contributed by atoms with Crippen LogP contribution in [0.2, 0.25) is 0 Å². The fourth-order valence-electron chi connectivity index (χ4n) is 2.26. The molecule has 1 N–H and O–H groups in total. The summed E-state index contributed by atoms with van der Waals surface area (Å²) in [5.41, 5.74) is 1.26. The molecule has 2 rings (SSSR count). The Bertz CT molecular complexity index is 397. The minimum absolute atomic E-state index is 0.123. The summed E-state index contributed by atoms with van der Waals surface area (Å²) in [6.07, 6.45) is 3.88. The number of anilines is 1. The highest BCUT2D eigenvalue weighted by molar-refractivity contribution is 5.32. The van der Waals surface area contributed by atoms with E-state index in [-0.39, 0.29) is 5.54 Å². The molecule has 19 heavy (non-hydrogen) atoms. The van der Waals surface area contributed by atoms with Gasteiger partial charge in [0.25, 0.3) is 0 Å². The van der Waals surface area contributed by atoms with Crippen molar-refractivity contribution in [3.05, 3.63) is 18.0 Å². The lowest BCUT2D eigenvalue weighted by molar-refractivity contribution is 0.423. The smallest absolute Gasteiger partial charge is 0.225 e. The zero-order chi connectivity index (χ0) is 14.0. The average molecular weight is 262 g/mol. The van der Waals surface area contributed by atoms with E-state index in [0.717, 1.165) is 43.0 Å². The van der Waals surface area contributed by atoms with E-state index in [1.807, 2.05) is 12.4 Å². The van der Waals surface area contributed by atoms with Crippen molar-refractivity contribution in [2.24, 2.45) is 11.8 Å². The van der Waals surface area contributed by atoms with Crippen molar-refractivity contribution in [3.63, 3.8) is 0 Å². The van der Waals surface area contributed by atoms with Gasteiger partial charge < -0.3 is 10.2 Å². The predicted molar refractivity (Wildman–Crippen MR) is 79.2 cm³/mol. The molecule has 0 amide bonds. The molecule has 2 unspecified atom stereocenters. The van der Waals surface area contributed by atoms with Crippen LogP contribution in [0.25, 0.3) is 0 Å². The molecule has 0 saturated carbocycles. The largest absolute Gasteiger partial charge is 0.340 e. The molecule has 2 atom stereocenters. The Balaban J connectivity index is 1.95. The van der Waals surface area contributed by atoms with E-state index in [1.54, 1.807) is 0 Å². The van der Waals surface area contributed by atoms with Crippen LogP contribution in [0.5, 0.6) is 0 Å². The highest BCUT2D eigenvalue weighted by Gasteiger charge is 2.27. The monoisotopic (exact) mass is 262 g/mol. The molecule has 1 aromatic rings. The number of nitrogens with zero attached hydrogens (tertiary/aromatic N) is 3. The van der Waals surface area contributed by atoms with Crippen molar-refractivity contribution in [2.75, 3.05) is 18.0 Å². The van der Waals surface area contributed by atoms with Gasteiger partial charge in [-0.05, 0) is 32.6 Å². The van der Waals surface area contributed by atoms with Gasteiger partial charge in [0.1, 0.15) is 0 Å². The molecule has 0 radical (unpaired) electrons. The van der Waals surface area contributed by atoms with Gasteiger partial charge in [-0.25, -0.2) is 9.97 Å². The van der Waals surface area contributed by atoms with Crippen LogP contribution in [-0.2, 0) is 6.54 Å². The molecule has 1 aliphatic rings. The summed E-state index contributed by atoms with van der Waals surface area (Å²) in [4.78, 5) is 11.3. The summed E-state index contributed by atoms with van der Waals surface area (Å²) < 4.78 is 0. The van der Waals surface area contributed by atoms with E-state index in [2.05, 4.69) is 54.8 Å². The zero-order valence-electron chi connectivity index (χ0n) is 12.8. The predicted octanol–water partition coefficient (Wildman–Crippen LogP) is 2.46. The number of aromatic nitrogens is 2. The maximum atomic E-state index is 4.51. The molecule has 2 heterocycles. The first-order valence-corrected chi connectivity index (χ1v) is 7.16. The lowest BCUT2D eigenvalue weighted by Crippen LogP contribution is -2.35. The molecule has 106 valence electrons. The summed E-state index contributed by atoms with van der Waals surface area (Å²) in [6, 6.07) is 0. The third kappa shape index (κ3) is 3.90. The molecule has 4 heteroatoms. The topological polar surface area (TPSA) is 41.1 Å². The van der Waals surface area contributed by atoms with Crippen molar-refractivity contribution in [1.82, 2.24) is 15.3 Å². The summed E-state index contributed by atoms with van der Waals surface area (Å²) in [7, 11) is 0. The highest BCUT2D eigenvalue weighted by atomic mass is 15.3. The zero-order valence-corrected chi connectivity index (χ0v) is 12.8. The quantitative estimate of drug-likeness (QED) is 0.908. The number of hydrogen-bond donors (Lipinski definition) is 1. The number of nitrogens with one attached hydrogen (secondary N) is 1. The van der Waals surface area contributed by atoms with Crippen LogP contribution in [0.4, 0.5) is 5.95 Å². The Labute approximate surface area is 116 Å². The molecular weight excluding hydrogens is 236 g/mol. The molecular formula is C15H26N4. The Morgan fingerprint density at radius 1 is 1.16 bits per heavy atom. The van der Waals surface area contributed by atoms with Gasteiger partial charge in [-0.2, -0.15) is 0 Å². The van der Waals surface area contributed by atoms with Gasteiger partial charge in [0.15, 0.2) is 0 Å². The summed E-state index contributed by atoms with van der Waals surface area (Å²) in [5.74, 6) is 2.33. The molecule has 4 nitrogen and oxygen atoms in total. The minimum atomic E-state index is 0.123. The summed E-state index contributed by atoms with van der Waals surface area (Å²) in [5, 5.41) is 3.45. The maximum absolute atomic E-state index is 4.51. The lowest BCUT2D eigenvalue weighted by atomic mass is 10.0. The Morgan fingerprint density at radius 3 is 2.16 bits per heavy atom. The fourth-order valence-corrected chi connectivity index (χ4v) is 2.26. The minimum Gasteiger partial charge on any atom is -0.340 e. The van der Waals surface area contributed by atoms with Gasteiger partial charge in [0, 0.05) is 43.1 Å². The average Bonchev–Trinajstić information content (AvgIpc) is 2.67. The van der Waals surface area contributed by atoms with Crippen LogP contribution in [0, 0.1) is 11.8 Å². The first kappa shape index (κ1) is 14.3. The van der Waals surface area contributed by atoms with Gasteiger partial charge >= 0.3 is 0 Å².